The van der Waals surface area contributed by atoms with Crippen LogP contribution < -0.4 is 15.4 Å². The standard InChI is InChI=1S/C33H50N4O5/c1-23(2)34-33(40)35-28-15-16-30-29(18-28)32(39)37(25(4)22-38)19-24(3)31(41-17-11-10-12-26(5)42-30)21-36(6)20-27-13-8-7-9-14-27/h7-9,13-16,18,23-26,31,38H,10-12,17,19-22H2,1-6H3,(H2,34,35,40)/t24-,25-,26-,31-/m0/s1. The molecule has 4 atom stereocenters. The Morgan fingerprint density at radius 3 is 2.55 bits per heavy atom. The van der Waals surface area contributed by atoms with Crippen LogP contribution in [0.4, 0.5) is 10.5 Å². The number of hydrogen-bond donors (Lipinski definition) is 3. The molecule has 42 heavy (non-hydrogen) atoms. The number of rotatable bonds is 8. The second-order valence-corrected chi connectivity index (χ2v) is 11.9. The normalized spacial score (nSPS) is 21.3. The van der Waals surface area contributed by atoms with E-state index in [1.807, 2.05) is 45.9 Å². The fourth-order valence-corrected chi connectivity index (χ4v) is 5.16. The molecule has 9 nitrogen and oxygen atoms in total. The Bertz CT molecular complexity index is 1130. The molecule has 1 aliphatic heterocycles. The molecule has 0 radical (unpaired) electrons. The molecule has 3 N–H and O–H groups in total. The maximum Gasteiger partial charge on any atom is 0.319 e. The second kappa shape index (κ2) is 16.5. The molecular weight excluding hydrogens is 532 g/mol. The average molecular weight is 583 g/mol. The van der Waals surface area contributed by atoms with Crippen molar-refractivity contribution in [1.29, 1.82) is 0 Å². The summed E-state index contributed by atoms with van der Waals surface area (Å²) in [4.78, 5) is 30.6. The number of anilines is 1. The van der Waals surface area contributed by atoms with Gasteiger partial charge in [0, 0.05) is 43.9 Å². The quantitative estimate of drug-likeness (QED) is 0.398. The second-order valence-electron chi connectivity index (χ2n) is 11.9. The fraction of sp³-hybridized carbons (Fsp3) is 0.576. The van der Waals surface area contributed by atoms with Crippen LogP contribution in [0.5, 0.6) is 5.75 Å². The molecule has 9 heteroatoms. The van der Waals surface area contributed by atoms with Crippen molar-refractivity contribution in [2.24, 2.45) is 5.92 Å². The first-order chi connectivity index (χ1) is 20.1. The summed E-state index contributed by atoms with van der Waals surface area (Å²) in [5.41, 5.74) is 2.08. The lowest BCUT2D eigenvalue weighted by Crippen LogP contribution is -2.47. The molecular formula is C33H50N4O5. The Labute approximate surface area is 251 Å². The molecule has 232 valence electrons. The number of ether oxygens (including phenoxy) is 2. The van der Waals surface area contributed by atoms with Gasteiger partial charge in [0.1, 0.15) is 5.75 Å². The van der Waals surface area contributed by atoms with Crippen molar-refractivity contribution >= 4 is 17.6 Å². The van der Waals surface area contributed by atoms with Gasteiger partial charge in [0.2, 0.25) is 0 Å². The van der Waals surface area contributed by atoms with E-state index in [1.54, 1.807) is 23.1 Å². The van der Waals surface area contributed by atoms with Crippen molar-refractivity contribution in [3.8, 4) is 5.75 Å². The molecule has 0 saturated carbocycles. The first kappa shape index (κ1) is 33.4. The summed E-state index contributed by atoms with van der Waals surface area (Å²) in [5, 5.41) is 15.8. The van der Waals surface area contributed by atoms with Gasteiger partial charge in [-0.3, -0.25) is 9.69 Å². The van der Waals surface area contributed by atoms with Crippen molar-refractivity contribution in [3.63, 3.8) is 0 Å². The zero-order valence-electron chi connectivity index (χ0n) is 26.1. The van der Waals surface area contributed by atoms with E-state index in [9.17, 15) is 14.7 Å². The molecule has 2 aromatic rings. The summed E-state index contributed by atoms with van der Waals surface area (Å²) in [6.45, 7) is 12.1. The van der Waals surface area contributed by atoms with E-state index in [2.05, 4.69) is 41.6 Å². The van der Waals surface area contributed by atoms with Gasteiger partial charge in [-0.2, -0.15) is 0 Å². The highest BCUT2D eigenvalue weighted by Gasteiger charge is 2.30. The molecule has 2 aromatic carbocycles. The summed E-state index contributed by atoms with van der Waals surface area (Å²) in [6.07, 6.45) is 2.45. The molecule has 0 fully saturated rings. The maximum atomic E-state index is 14.2. The topological polar surface area (TPSA) is 103 Å². The van der Waals surface area contributed by atoms with E-state index >= 15 is 0 Å². The van der Waals surface area contributed by atoms with Gasteiger partial charge in [-0.05, 0) is 77.8 Å². The van der Waals surface area contributed by atoms with Crippen LogP contribution in [0.25, 0.3) is 0 Å². The number of nitrogens with zero attached hydrogens (tertiary/aromatic N) is 2. The van der Waals surface area contributed by atoms with E-state index in [4.69, 9.17) is 9.47 Å². The summed E-state index contributed by atoms with van der Waals surface area (Å²) >= 11 is 0. The fourth-order valence-electron chi connectivity index (χ4n) is 5.16. The number of likely N-dealkylation sites (N-methyl/N-ethyl adjacent to an activating group) is 1. The number of fused-ring (bicyclic) bond motifs is 1. The lowest BCUT2D eigenvalue weighted by atomic mass is 10.0. The minimum Gasteiger partial charge on any atom is -0.490 e. The van der Waals surface area contributed by atoms with Gasteiger partial charge >= 0.3 is 6.03 Å². The van der Waals surface area contributed by atoms with Crippen LogP contribution in [0.15, 0.2) is 48.5 Å². The molecule has 3 amide bonds. The summed E-state index contributed by atoms with van der Waals surface area (Å²) < 4.78 is 12.7. The Morgan fingerprint density at radius 2 is 1.86 bits per heavy atom. The lowest BCUT2D eigenvalue weighted by Gasteiger charge is -2.36. The first-order valence-corrected chi connectivity index (χ1v) is 15.2. The number of carbonyl (C=O) groups excluding carboxylic acids is 2. The van der Waals surface area contributed by atoms with E-state index in [1.165, 1.54) is 5.56 Å². The van der Waals surface area contributed by atoms with E-state index < -0.39 is 6.04 Å². The van der Waals surface area contributed by atoms with Gasteiger partial charge in [0.15, 0.2) is 0 Å². The highest BCUT2D eigenvalue weighted by molar-refractivity contribution is 5.99. The van der Waals surface area contributed by atoms with Gasteiger partial charge in [-0.1, -0.05) is 37.3 Å². The predicted molar refractivity (Wildman–Crippen MR) is 167 cm³/mol. The largest absolute Gasteiger partial charge is 0.490 e. The molecule has 0 aromatic heterocycles. The number of carbonyl (C=O) groups is 2. The van der Waals surface area contributed by atoms with Crippen molar-refractivity contribution in [3.05, 3.63) is 59.7 Å². The van der Waals surface area contributed by atoms with E-state index in [0.717, 1.165) is 25.8 Å². The highest BCUT2D eigenvalue weighted by atomic mass is 16.5. The Hall–Kier alpha value is -3.14. The third-order valence-corrected chi connectivity index (χ3v) is 7.52. The zero-order chi connectivity index (χ0) is 30.6. The highest BCUT2D eigenvalue weighted by Crippen LogP contribution is 2.28. The average Bonchev–Trinajstić information content (AvgIpc) is 2.94. The van der Waals surface area contributed by atoms with Gasteiger partial charge in [-0.25, -0.2) is 4.79 Å². The number of amides is 3. The number of aliphatic hydroxyl groups is 1. The van der Waals surface area contributed by atoms with E-state index in [-0.39, 0.29) is 42.7 Å². The summed E-state index contributed by atoms with van der Waals surface area (Å²) in [5.74, 6) is 0.204. The summed E-state index contributed by atoms with van der Waals surface area (Å²) in [7, 11) is 2.09. The number of benzene rings is 2. The molecule has 1 heterocycles. The van der Waals surface area contributed by atoms with Crippen molar-refractivity contribution in [2.75, 3.05) is 38.7 Å². The SMILES string of the molecule is CC(C)NC(=O)Nc1ccc2c(c1)C(=O)N([C@@H](C)CO)C[C@H](C)[C@H](CN(C)Cc1ccccc1)OCCCC[C@H](C)O2. The number of aliphatic hydroxyl groups excluding tert-OH is 1. The van der Waals surface area contributed by atoms with Gasteiger partial charge in [0.05, 0.1) is 30.4 Å². The Kier molecular flexibility index (Phi) is 13.1. The third-order valence-electron chi connectivity index (χ3n) is 7.52. The van der Waals surface area contributed by atoms with Crippen LogP contribution in [-0.2, 0) is 11.3 Å². The number of hydrogen-bond acceptors (Lipinski definition) is 6. The Balaban J connectivity index is 1.90. The van der Waals surface area contributed by atoms with Crippen molar-refractivity contribution in [2.45, 2.75) is 84.7 Å². The zero-order valence-corrected chi connectivity index (χ0v) is 26.1. The van der Waals surface area contributed by atoms with Crippen LogP contribution in [0.3, 0.4) is 0 Å². The molecule has 0 aliphatic carbocycles. The van der Waals surface area contributed by atoms with Crippen LogP contribution in [0.1, 0.15) is 69.8 Å². The van der Waals surface area contributed by atoms with Crippen molar-refractivity contribution < 1.29 is 24.2 Å². The molecule has 0 unspecified atom stereocenters. The molecule has 0 spiro atoms. The van der Waals surface area contributed by atoms with Crippen molar-refractivity contribution in [1.82, 2.24) is 15.1 Å². The first-order valence-electron chi connectivity index (χ1n) is 15.2. The minimum atomic E-state index is -0.429. The molecule has 0 bridgehead atoms. The van der Waals surface area contributed by atoms with Crippen LogP contribution in [0.2, 0.25) is 0 Å². The third kappa shape index (κ3) is 10.3. The smallest absolute Gasteiger partial charge is 0.319 e. The minimum absolute atomic E-state index is 0.00877. The molecule has 3 rings (SSSR count). The monoisotopic (exact) mass is 582 g/mol. The van der Waals surface area contributed by atoms with E-state index in [0.29, 0.717) is 36.7 Å². The van der Waals surface area contributed by atoms with Crippen LogP contribution >= 0.6 is 0 Å². The van der Waals surface area contributed by atoms with Gasteiger partial charge in [0.25, 0.3) is 5.91 Å². The van der Waals surface area contributed by atoms with Crippen LogP contribution in [0, 0.1) is 5.92 Å². The molecule has 1 aliphatic rings. The van der Waals surface area contributed by atoms with Crippen LogP contribution in [-0.4, -0.2) is 84.5 Å². The Morgan fingerprint density at radius 1 is 1.12 bits per heavy atom. The predicted octanol–water partition coefficient (Wildman–Crippen LogP) is 5.14. The lowest BCUT2D eigenvalue weighted by molar-refractivity contribution is -0.0177. The van der Waals surface area contributed by atoms with Gasteiger partial charge < -0.3 is 30.1 Å². The number of urea groups is 1. The number of nitrogens with one attached hydrogen (secondary N) is 2. The van der Waals surface area contributed by atoms with Gasteiger partial charge in [-0.15, -0.1) is 0 Å². The summed E-state index contributed by atoms with van der Waals surface area (Å²) in [6, 6.07) is 14.7. The maximum absolute atomic E-state index is 14.2. The molecule has 0 saturated heterocycles.